The molecule has 0 amide bonds. The molecule has 0 aliphatic carbocycles. The van der Waals surface area contributed by atoms with Gasteiger partial charge < -0.3 is 5.32 Å². The second-order valence-corrected chi connectivity index (χ2v) is 8.22. The Balaban J connectivity index is 2.12. The number of rotatable bonds is 7. The first-order valence-electron chi connectivity index (χ1n) is 7.36. The predicted octanol–water partition coefficient (Wildman–Crippen LogP) is 2.67. The Bertz CT molecular complexity index is 525. The SMILES string of the molecule is CCCNCc1sccc1S(=O)(=O)N1CCC(CC)C1. The average Bonchev–Trinajstić information content (AvgIpc) is 3.08. The van der Waals surface area contributed by atoms with Crippen LogP contribution in [0.25, 0.3) is 0 Å². The smallest absolute Gasteiger partial charge is 0.244 e. The van der Waals surface area contributed by atoms with Crippen LogP contribution in [0.5, 0.6) is 0 Å². The van der Waals surface area contributed by atoms with Gasteiger partial charge in [-0.1, -0.05) is 20.3 Å². The van der Waals surface area contributed by atoms with Gasteiger partial charge in [0.2, 0.25) is 10.0 Å². The van der Waals surface area contributed by atoms with Crippen molar-refractivity contribution in [2.24, 2.45) is 5.92 Å². The number of hydrogen-bond donors (Lipinski definition) is 1. The van der Waals surface area contributed by atoms with Gasteiger partial charge in [-0.25, -0.2) is 8.42 Å². The van der Waals surface area contributed by atoms with E-state index in [0.29, 0.717) is 30.4 Å². The third-order valence-corrected chi connectivity index (χ3v) is 6.86. The van der Waals surface area contributed by atoms with Crippen molar-refractivity contribution in [2.75, 3.05) is 19.6 Å². The van der Waals surface area contributed by atoms with E-state index in [1.54, 1.807) is 10.4 Å². The molecule has 0 aromatic carbocycles. The maximum atomic E-state index is 12.7. The number of thiophene rings is 1. The number of nitrogens with one attached hydrogen (secondary N) is 1. The summed E-state index contributed by atoms with van der Waals surface area (Å²) in [6.07, 6.45) is 3.10. The lowest BCUT2D eigenvalue weighted by molar-refractivity contribution is 0.452. The summed E-state index contributed by atoms with van der Waals surface area (Å²) in [6, 6.07) is 1.75. The van der Waals surface area contributed by atoms with Gasteiger partial charge in [0.05, 0.1) is 4.90 Å². The zero-order chi connectivity index (χ0) is 14.6. The summed E-state index contributed by atoms with van der Waals surface area (Å²) in [4.78, 5) is 1.43. The van der Waals surface area contributed by atoms with Crippen molar-refractivity contribution in [3.63, 3.8) is 0 Å². The molecule has 6 heteroatoms. The molecule has 0 spiro atoms. The van der Waals surface area contributed by atoms with Gasteiger partial charge in [-0.05, 0) is 36.8 Å². The normalized spacial score (nSPS) is 20.6. The molecule has 0 saturated carbocycles. The highest BCUT2D eigenvalue weighted by atomic mass is 32.2. The van der Waals surface area contributed by atoms with Crippen molar-refractivity contribution in [3.8, 4) is 0 Å². The van der Waals surface area contributed by atoms with Crippen LogP contribution in [0.3, 0.4) is 0 Å². The van der Waals surface area contributed by atoms with Crippen molar-refractivity contribution in [3.05, 3.63) is 16.3 Å². The third kappa shape index (κ3) is 3.42. The van der Waals surface area contributed by atoms with Gasteiger partial charge in [-0.3, -0.25) is 0 Å². The lowest BCUT2D eigenvalue weighted by Gasteiger charge is -2.17. The Hall–Kier alpha value is -0.430. The van der Waals surface area contributed by atoms with Crippen LogP contribution in [-0.2, 0) is 16.6 Å². The lowest BCUT2D eigenvalue weighted by Crippen LogP contribution is -2.29. The maximum absolute atomic E-state index is 12.7. The monoisotopic (exact) mass is 316 g/mol. The summed E-state index contributed by atoms with van der Waals surface area (Å²) < 4.78 is 27.1. The molecule has 20 heavy (non-hydrogen) atoms. The van der Waals surface area contributed by atoms with Crippen LogP contribution in [0.4, 0.5) is 0 Å². The first kappa shape index (κ1) is 15.9. The summed E-state index contributed by atoms with van der Waals surface area (Å²) in [5.74, 6) is 0.519. The van der Waals surface area contributed by atoms with E-state index in [-0.39, 0.29) is 0 Å². The standard InChI is InChI=1S/C14H24N2O2S2/c1-3-7-15-10-13-14(6-9-19-13)20(17,18)16-8-5-12(4-2)11-16/h6,9,12,15H,3-5,7-8,10-11H2,1-2H3. The average molecular weight is 316 g/mol. The van der Waals surface area contributed by atoms with Crippen LogP contribution in [0.2, 0.25) is 0 Å². The first-order valence-corrected chi connectivity index (χ1v) is 9.68. The van der Waals surface area contributed by atoms with Gasteiger partial charge in [0.25, 0.3) is 0 Å². The van der Waals surface area contributed by atoms with E-state index in [1.807, 2.05) is 5.38 Å². The zero-order valence-corrected chi connectivity index (χ0v) is 13.9. The minimum Gasteiger partial charge on any atom is -0.312 e. The largest absolute Gasteiger partial charge is 0.312 e. The molecule has 2 rings (SSSR count). The second kappa shape index (κ2) is 7.02. The Kier molecular flexibility index (Phi) is 5.60. The van der Waals surface area contributed by atoms with Crippen molar-refractivity contribution < 1.29 is 8.42 Å². The van der Waals surface area contributed by atoms with E-state index in [1.165, 1.54) is 11.3 Å². The van der Waals surface area contributed by atoms with E-state index in [2.05, 4.69) is 19.2 Å². The molecular weight excluding hydrogens is 292 g/mol. The highest BCUT2D eigenvalue weighted by molar-refractivity contribution is 7.89. The molecule has 1 aromatic rings. The van der Waals surface area contributed by atoms with Gasteiger partial charge in [-0.15, -0.1) is 11.3 Å². The van der Waals surface area contributed by atoms with E-state index in [4.69, 9.17) is 0 Å². The molecule has 4 nitrogen and oxygen atoms in total. The van der Waals surface area contributed by atoms with Crippen molar-refractivity contribution >= 4 is 21.4 Å². The van der Waals surface area contributed by atoms with Crippen molar-refractivity contribution in [1.29, 1.82) is 0 Å². The topological polar surface area (TPSA) is 49.4 Å². The fourth-order valence-corrected chi connectivity index (χ4v) is 5.47. The highest BCUT2D eigenvalue weighted by Crippen LogP contribution is 2.30. The molecule has 1 aromatic heterocycles. The van der Waals surface area contributed by atoms with Crippen molar-refractivity contribution in [2.45, 2.75) is 44.6 Å². The van der Waals surface area contributed by atoms with E-state index in [0.717, 1.165) is 30.7 Å². The van der Waals surface area contributed by atoms with Gasteiger partial charge >= 0.3 is 0 Å². The van der Waals surface area contributed by atoms with Crippen LogP contribution >= 0.6 is 11.3 Å². The summed E-state index contributed by atoms with van der Waals surface area (Å²) in [7, 11) is -3.30. The second-order valence-electron chi connectivity index (χ2n) is 5.31. The molecule has 1 saturated heterocycles. The fourth-order valence-electron chi connectivity index (χ4n) is 2.55. The molecule has 1 N–H and O–H groups in total. The highest BCUT2D eigenvalue weighted by Gasteiger charge is 2.33. The quantitative estimate of drug-likeness (QED) is 0.787. The van der Waals surface area contributed by atoms with Gasteiger partial charge in [0, 0.05) is 24.5 Å². The third-order valence-electron chi connectivity index (χ3n) is 3.86. The van der Waals surface area contributed by atoms with Gasteiger partial charge in [0.15, 0.2) is 0 Å². The molecule has 2 heterocycles. The molecule has 1 fully saturated rings. The van der Waals surface area contributed by atoms with Crippen LogP contribution in [-0.4, -0.2) is 32.4 Å². The van der Waals surface area contributed by atoms with Crippen LogP contribution in [0.15, 0.2) is 16.3 Å². The van der Waals surface area contributed by atoms with Crippen molar-refractivity contribution in [1.82, 2.24) is 9.62 Å². The Labute approximate surface area is 126 Å². The zero-order valence-electron chi connectivity index (χ0n) is 12.3. The molecule has 1 aliphatic heterocycles. The van der Waals surface area contributed by atoms with Crippen LogP contribution in [0, 0.1) is 5.92 Å². The minimum atomic E-state index is -3.30. The summed E-state index contributed by atoms with van der Waals surface area (Å²) in [5, 5.41) is 5.17. The molecule has 114 valence electrons. The van der Waals surface area contributed by atoms with E-state index < -0.39 is 10.0 Å². The van der Waals surface area contributed by atoms with Crippen LogP contribution in [0.1, 0.15) is 38.0 Å². The van der Waals surface area contributed by atoms with E-state index >= 15 is 0 Å². The lowest BCUT2D eigenvalue weighted by atomic mass is 10.1. The first-order chi connectivity index (χ1) is 9.59. The minimum absolute atomic E-state index is 0.503. The summed E-state index contributed by atoms with van der Waals surface area (Å²) in [5.41, 5.74) is 0. The Morgan fingerprint density at radius 3 is 2.90 bits per heavy atom. The Morgan fingerprint density at radius 1 is 1.45 bits per heavy atom. The van der Waals surface area contributed by atoms with Crippen LogP contribution < -0.4 is 5.32 Å². The number of nitrogens with zero attached hydrogens (tertiary/aromatic N) is 1. The molecule has 1 atom stereocenters. The maximum Gasteiger partial charge on any atom is 0.244 e. The fraction of sp³-hybridized carbons (Fsp3) is 0.714. The molecular formula is C14H24N2O2S2. The number of hydrogen-bond acceptors (Lipinski definition) is 4. The molecule has 1 unspecified atom stereocenters. The van der Waals surface area contributed by atoms with Gasteiger partial charge in [0.1, 0.15) is 0 Å². The number of sulfonamides is 1. The predicted molar refractivity (Wildman–Crippen MR) is 83.5 cm³/mol. The molecule has 0 radical (unpaired) electrons. The molecule has 0 bridgehead atoms. The summed E-state index contributed by atoms with van der Waals surface area (Å²) in [6.45, 7) is 7.14. The Morgan fingerprint density at radius 2 is 2.25 bits per heavy atom. The molecule has 1 aliphatic rings. The summed E-state index contributed by atoms with van der Waals surface area (Å²) >= 11 is 1.52. The van der Waals surface area contributed by atoms with Gasteiger partial charge in [-0.2, -0.15) is 4.31 Å². The van der Waals surface area contributed by atoms with E-state index in [9.17, 15) is 8.42 Å².